The number of β-amino-alcohol motifs (C(OH)–C–C–N with tert-alkyl or cyclic N) is 1. The Kier molecular flexibility index (Phi) is 8.89. The van der Waals surface area contributed by atoms with Gasteiger partial charge in [0.1, 0.15) is 11.5 Å². The third-order valence-corrected chi connectivity index (χ3v) is 7.22. The van der Waals surface area contributed by atoms with Crippen LogP contribution in [-0.2, 0) is 21.4 Å². The summed E-state index contributed by atoms with van der Waals surface area (Å²) in [6, 6.07) is 14.1. The van der Waals surface area contributed by atoms with Gasteiger partial charge < -0.3 is 19.3 Å². The summed E-state index contributed by atoms with van der Waals surface area (Å²) in [5.74, 6) is 1.44. The average molecular weight is 465 g/mol. The number of aliphatic hydroxyl groups is 1. The van der Waals surface area contributed by atoms with E-state index in [2.05, 4.69) is 4.90 Å². The normalized spacial score (nSPS) is 16.6. The zero-order chi connectivity index (χ0) is 23.0. The fraction of sp³-hybridized carbons (Fsp3) is 0.478. The minimum Gasteiger partial charge on any atom is -0.497 e. The van der Waals surface area contributed by atoms with Crippen molar-refractivity contribution in [2.45, 2.75) is 24.5 Å². The van der Waals surface area contributed by atoms with Crippen LogP contribution in [0.15, 0.2) is 53.4 Å². The molecule has 1 aliphatic rings. The number of methoxy groups -OCH3 is 1. The highest BCUT2D eigenvalue weighted by molar-refractivity contribution is 7.89. The van der Waals surface area contributed by atoms with Gasteiger partial charge in [0.15, 0.2) is 0 Å². The molecule has 0 amide bonds. The van der Waals surface area contributed by atoms with Crippen LogP contribution in [0.2, 0.25) is 0 Å². The second kappa shape index (κ2) is 11.6. The molecule has 2 aromatic carbocycles. The van der Waals surface area contributed by atoms with E-state index in [1.165, 1.54) is 4.31 Å². The molecule has 0 saturated carbocycles. The number of hydrogen-bond donors (Lipinski definition) is 1. The Morgan fingerprint density at radius 3 is 2.19 bits per heavy atom. The Labute approximate surface area is 190 Å². The molecule has 0 aliphatic carbocycles. The molecule has 9 heteroatoms. The number of sulfonamides is 1. The Morgan fingerprint density at radius 1 is 0.969 bits per heavy atom. The number of piperazine rings is 1. The molecule has 3 rings (SSSR count). The van der Waals surface area contributed by atoms with E-state index in [1.54, 1.807) is 31.4 Å². The number of hydrogen-bond acceptors (Lipinski definition) is 7. The number of benzene rings is 2. The molecule has 1 saturated heterocycles. The van der Waals surface area contributed by atoms with Crippen LogP contribution in [0.25, 0.3) is 0 Å². The second-order valence-corrected chi connectivity index (χ2v) is 9.56. The van der Waals surface area contributed by atoms with E-state index in [0.29, 0.717) is 51.7 Å². The van der Waals surface area contributed by atoms with Gasteiger partial charge in [-0.3, -0.25) is 4.90 Å². The van der Waals surface area contributed by atoms with E-state index < -0.39 is 16.1 Å². The number of nitrogens with zero attached hydrogens (tertiary/aromatic N) is 2. The minimum absolute atomic E-state index is 0.219. The summed E-state index contributed by atoms with van der Waals surface area (Å²) in [6.45, 7) is 5.38. The van der Waals surface area contributed by atoms with Gasteiger partial charge in [0.05, 0.1) is 37.9 Å². The quantitative estimate of drug-likeness (QED) is 0.544. The minimum atomic E-state index is -3.54. The molecule has 0 bridgehead atoms. The lowest BCUT2D eigenvalue weighted by atomic mass is 10.2. The molecule has 0 radical (unpaired) electrons. The van der Waals surface area contributed by atoms with Crippen molar-refractivity contribution in [3.63, 3.8) is 0 Å². The Bertz CT molecular complexity index is 926. The first-order valence-electron chi connectivity index (χ1n) is 10.8. The molecule has 1 N–H and O–H groups in total. The van der Waals surface area contributed by atoms with Crippen molar-refractivity contribution in [3.05, 3.63) is 54.1 Å². The van der Waals surface area contributed by atoms with Gasteiger partial charge in [-0.05, 0) is 48.9 Å². The van der Waals surface area contributed by atoms with Gasteiger partial charge in [-0.15, -0.1) is 0 Å². The molecule has 0 aromatic heterocycles. The molecule has 1 aliphatic heterocycles. The van der Waals surface area contributed by atoms with Crippen LogP contribution < -0.4 is 9.47 Å². The SMILES string of the molecule is CCOc1ccc(S(=O)(=O)N2CCN(CC(O)COCc3ccc(OC)cc3)CC2)cc1. The third-order valence-electron chi connectivity index (χ3n) is 5.31. The van der Waals surface area contributed by atoms with Gasteiger partial charge in [-0.25, -0.2) is 8.42 Å². The highest BCUT2D eigenvalue weighted by atomic mass is 32.2. The van der Waals surface area contributed by atoms with E-state index in [1.807, 2.05) is 31.2 Å². The zero-order valence-electron chi connectivity index (χ0n) is 18.6. The highest BCUT2D eigenvalue weighted by Gasteiger charge is 2.29. The highest BCUT2D eigenvalue weighted by Crippen LogP contribution is 2.21. The van der Waals surface area contributed by atoms with Gasteiger partial charge >= 0.3 is 0 Å². The fourth-order valence-corrected chi connectivity index (χ4v) is 4.98. The van der Waals surface area contributed by atoms with E-state index in [4.69, 9.17) is 14.2 Å². The monoisotopic (exact) mass is 464 g/mol. The van der Waals surface area contributed by atoms with Crippen LogP contribution in [0.4, 0.5) is 0 Å². The van der Waals surface area contributed by atoms with Crippen LogP contribution in [-0.4, -0.2) is 81.9 Å². The Balaban J connectivity index is 1.41. The molecule has 1 heterocycles. The molecule has 1 fully saturated rings. The molecule has 176 valence electrons. The average Bonchev–Trinajstić information content (AvgIpc) is 2.80. The van der Waals surface area contributed by atoms with Gasteiger partial charge in [0.2, 0.25) is 10.0 Å². The molecular weight excluding hydrogens is 432 g/mol. The fourth-order valence-electron chi connectivity index (χ4n) is 3.56. The Hall–Kier alpha value is -2.17. The van der Waals surface area contributed by atoms with Crippen LogP contribution in [0, 0.1) is 0 Å². The lowest BCUT2D eigenvalue weighted by Crippen LogP contribution is -2.50. The van der Waals surface area contributed by atoms with Crippen LogP contribution in [0.1, 0.15) is 12.5 Å². The van der Waals surface area contributed by atoms with E-state index >= 15 is 0 Å². The smallest absolute Gasteiger partial charge is 0.243 e. The molecule has 1 unspecified atom stereocenters. The van der Waals surface area contributed by atoms with Crippen molar-refractivity contribution in [1.29, 1.82) is 0 Å². The maximum absolute atomic E-state index is 12.9. The van der Waals surface area contributed by atoms with E-state index in [-0.39, 0.29) is 11.5 Å². The predicted molar refractivity (Wildman–Crippen MR) is 121 cm³/mol. The van der Waals surface area contributed by atoms with E-state index in [9.17, 15) is 13.5 Å². The zero-order valence-corrected chi connectivity index (χ0v) is 19.5. The van der Waals surface area contributed by atoms with Crippen LogP contribution in [0.5, 0.6) is 11.5 Å². The summed E-state index contributed by atoms with van der Waals surface area (Å²) < 4.78 is 43.4. The lowest BCUT2D eigenvalue weighted by Gasteiger charge is -2.34. The maximum atomic E-state index is 12.9. The molecule has 32 heavy (non-hydrogen) atoms. The second-order valence-electron chi connectivity index (χ2n) is 7.63. The maximum Gasteiger partial charge on any atom is 0.243 e. The lowest BCUT2D eigenvalue weighted by molar-refractivity contribution is 0.00538. The van der Waals surface area contributed by atoms with Crippen molar-refractivity contribution in [2.24, 2.45) is 0 Å². The van der Waals surface area contributed by atoms with Crippen molar-refractivity contribution >= 4 is 10.0 Å². The molecule has 8 nitrogen and oxygen atoms in total. The molecular formula is C23H32N2O6S. The summed E-state index contributed by atoms with van der Waals surface area (Å²) in [4.78, 5) is 2.33. The summed E-state index contributed by atoms with van der Waals surface area (Å²) >= 11 is 0. The van der Waals surface area contributed by atoms with Crippen LogP contribution in [0.3, 0.4) is 0 Å². The van der Waals surface area contributed by atoms with Crippen LogP contribution >= 0.6 is 0 Å². The largest absolute Gasteiger partial charge is 0.497 e. The summed E-state index contributed by atoms with van der Waals surface area (Å²) in [6.07, 6.45) is -0.637. The van der Waals surface area contributed by atoms with Gasteiger partial charge in [0.25, 0.3) is 0 Å². The van der Waals surface area contributed by atoms with Crippen molar-refractivity contribution < 1.29 is 27.7 Å². The first kappa shape index (κ1) is 24.5. The molecule has 2 aromatic rings. The Morgan fingerprint density at radius 2 is 1.59 bits per heavy atom. The summed E-state index contributed by atoms with van der Waals surface area (Å²) in [5.41, 5.74) is 1.01. The van der Waals surface area contributed by atoms with Crippen molar-refractivity contribution in [2.75, 3.05) is 53.0 Å². The predicted octanol–water partition coefficient (Wildman–Crippen LogP) is 1.98. The molecule has 0 spiro atoms. The third kappa shape index (κ3) is 6.66. The number of ether oxygens (including phenoxy) is 3. The van der Waals surface area contributed by atoms with Gasteiger partial charge in [-0.2, -0.15) is 4.31 Å². The molecule has 1 atom stereocenters. The van der Waals surface area contributed by atoms with Crippen molar-refractivity contribution in [1.82, 2.24) is 9.21 Å². The first-order valence-corrected chi connectivity index (χ1v) is 12.2. The standard InChI is InChI=1S/C23H32N2O6S/c1-3-31-22-8-10-23(11-9-22)32(27,28)25-14-12-24(13-15-25)16-20(26)18-30-17-19-4-6-21(29-2)7-5-19/h4-11,20,26H,3,12-18H2,1-2H3. The van der Waals surface area contributed by atoms with Gasteiger partial charge in [-0.1, -0.05) is 12.1 Å². The summed E-state index contributed by atoms with van der Waals surface area (Å²) in [5, 5.41) is 10.3. The first-order chi connectivity index (χ1) is 15.4. The van der Waals surface area contributed by atoms with E-state index in [0.717, 1.165) is 11.3 Å². The topological polar surface area (TPSA) is 88.5 Å². The van der Waals surface area contributed by atoms with Gasteiger partial charge in [0, 0.05) is 32.7 Å². The number of aliphatic hydroxyl groups excluding tert-OH is 1. The summed E-state index contributed by atoms with van der Waals surface area (Å²) in [7, 11) is -1.92. The van der Waals surface area contributed by atoms with Crippen molar-refractivity contribution in [3.8, 4) is 11.5 Å². The number of rotatable bonds is 11.